The summed E-state index contributed by atoms with van der Waals surface area (Å²) >= 11 is 0. The van der Waals surface area contributed by atoms with E-state index in [1.54, 1.807) is 14.0 Å². The van der Waals surface area contributed by atoms with Crippen molar-refractivity contribution in [3.05, 3.63) is 50.7 Å². The van der Waals surface area contributed by atoms with Crippen LogP contribution in [0.4, 0.5) is 5.95 Å². The standard InChI is InChI=1S/C18H22N6O4/c1-10(25)9-24-14-15(23(3)18(27)20-16(14)26)19-17(24)22-21-11(2)12-5-7-13(28-4)8-6-12/h5-8,10,25H,9H2,1-4H3,(H,19,22)(H,20,26,27)/b21-11-. The van der Waals surface area contributed by atoms with E-state index in [9.17, 15) is 14.7 Å². The number of anilines is 1. The zero-order valence-electron chi connectivity index (χ0n) is 16.1. The van der Waals surface area contributed by atoms with Crippen LogP contribution in [0.15, 0.2) is 39.0 Å². The number of nitrogens with one attached hydrogen (secondary N) is 2. The summed E-state index contributed by atoms with van der Waals surface area (Å²) in [5.41, 5.74) is 3.64. The van der Waals surface area contributed by atoms with Gasteiger partial charge in [-0.15, -0.1) is 0 Å². The number of aromatic amines is 1. The molecule has 28 heavy (non-hydrogen) atoms. The number of methoxy groups -OCH3 is 1. The van der Waals surface area contributed by atoms with Gasteiger partial charge in [-0.1, -0.05) is 0 Å². The number of aromatic nitrogens is 4. The first-order chi connectivity index (χ1) is 13.3. The highest BCUT2D eigenvalue weighted by Crippen LogP contribution is 2.17. The Morgan fingerprint density at radius 3 is 2.64 bits per heavy atom. The van der Waals surface area contributed by atoms with Crippen LogP contribution in [0.5, 0.6) is 5.75 Å². The molecule has 0 saturated carbocycles. The molecule has 0 bridgehead atoms. The highest BCUT2D eigenvalue weighted by molar-refractivity contribution is 5.99. The molecule has 1 atom stereocenters. The number of imidazole rings is 1. The molecule has 0 aliphatic heterocycles. The first-order valence-electron chi connectivity index (χ1n) is 8.64. The minimum absolute atomic E-state index is 0.108. The zero-order chi connectivity index (χ0) is 20.4. The molecule has 1 aromatic carbocycles. The van der Waals surface area contributed by atoms with Crippen molar-refractivity contribution in [3.63, 3.8) is 0 Å². The van der Waals surface area contributed by atoms with E-state index in [0.29, 0.717) is 5.71 Å². The van der Waals surface area contributed by atoms with Crippen molar-refractivity contribution in [2.45, 2.75) is 26.5 Å². The fraction of sp³-hybridized carbons (Fsp3) is 0.333. The lowest BCUT2D eigenvalue weighted by Gasteiger charge is -2.10. The van der Waals surface area contributed by atoms with E-state index in [2.05, 4.69) is 20.5 Å². The fourth-order valence-corrected chi connectivity index (χ4v) is 2.79. The van der Waals surface area contributed by atoms with Gasteiger partial charge >= 0.3 is 5.69 Å². The molecule has 2 aromatic heterocycles. The molecule has 0 amide bonds. The maximum atomic E-state index is 12.3. The van der Waals surface area contributed by atoms with Crippen LogP contribution in [-0.4, -0.2) is 43.1 Å². The molecule has 0 spiro atoms. The van der Waals surface area contributed by atoms with Gasteiger partial charge in [0.2, 0.25) is 5.95 Å². The quantitative estimate of drug-likeness (QED) is 0.422. The predicted molar refractivity (Wildman–Crippen MR) is 106 cm³/mol. The topological polar surface area (TPSA) is 127 Å². The molecule has 10 heteroatoms. The van der Waals surface area contributed by atoms with Gasteiger partial charge in [0.15, 0.2) is 11.2 Å². The number of hydrazone groups is 1. The van der Waals surface area contributed by atoms with Crippen LogP contribution < -0.4 is 21.4 Å². The van der Waals surface area contributed by atoms with E-state index < -0.39 is 17.4 Å². The van der Waals surface area contributed by atoms with E-state index in [1.807, 2.05) is 31.2 Å². The smallest absolute Gasteiger partial charge is 0.329 e. The lowest BCUT2D eigenvalue weighted by atomic mass is 10.1. The second-order valence-corrected chi connectivity index (χ2v) is 6.42. The number of nitrogens with zero attached hydrogens (tertiary/aromatic N) is 4. The molecule has 10 nitrogen and oxygen atoms in total. The Bertz CT molecular complexity index is 1140. The number of aliphatic hydroxyl groups excluding tert-OH is 1. The Morgan fingerprint density at radius 1 is 1.36 bits per heavy atom. The van der Waals surface area contributed by atoms with Crippen LogP contribution in [0.2, 0.25) is 0 Å². The number of fused-ring (bicyclic) bond motifs is 1. The molecular weight excluding hydrogens is 364 g/mol. The van der Waals surface area contributed by atoms with Gasteiger partial charge in [-0.05, 0) is 43.7 Å². The molecule has 3 N–H and O–H groups in total. The number of hydrogen-bond acceptors (Lipinski definition) is 7. The van der Waals surface area contributed by atoms with Gasteiger partial charge in [0.25, 0.3) is 5.56 Å². The van der Waals surface area contributed by atoms with Crippen LogP contribution >= 0.6 is 0 Å². The molecule has 0 saturated heterocycles. The molecule has 148 valence electrons. The van der Waals surface area contributed by atoms with Gasteiger partial charge in [-0.3, -0.25) is 14.3 Å². The Hall–Kier alpha value is -3.40. The molecule has 0 aliphatic carbocycles. The number of H-pyrrole nitrogens is 1. The number of aryl methyl sites for hydroxylation is 1. The molecule has 2 heterocycles. The van der Waals surface area contributed by atoms with Crippen LogP contribution in [-0.2, 0) is 13.6 Å². The predicted octanol–water partition coefficient (Wildman–Crippen LogP) is 0.649. The molecule has 0 radical (unpaired) electrons. The Balaban J connectivity index is 2.04. The van der Waals surface area contributed by atoms with Crippen molar-refractivity contribution in [2.75, 3.05) is 12.5 Å². The second kappa shape index (κ2) is 7.69. The third kappa shape index (κ3) is 3.67. The van der Waals surface area contributed by atoms with E-state index in [1.165, 1.54) is 16.2 Å². The van der Waals surface area contributed by atoms with Crippen molar-refractivity contribution < 1.29 is 9.84 Å². The van der Waals surface area contributed by atoms with E-state index in [4.69, 9.17) is 4.74 Å². The maximum Gasteiger partial charge on any atom is 0.329 e. The largest absolute Gasteiger partial charge is 0.497 e. The number of aliphatic hydroxyl groups is 1. The molecule has 3 rings (SSSR count). The summed E-state index contributed by atoms with van der Waals surface area (Å²) in [6.45, 7) is 3.52. The normalized spacial score (nSPS) is 13.0. The van der Waals surface area contributed by atoms with Crippen molar-refractivity contribution in [2.24, 2.45) is 12.1 Å². The average molecular weight is 386 g/mol. The summed E-state index contributed by atoms with van der Waals surface area (Å²) in [5.74, 6) is 0.985. The van der Waals surface area contributed by atoms with E-state index >= 15 is 0 Å². The SMILES string of the molecule is COc1ccc(/C(C)=N\Nc2nc3c(c(=O)[nH]c(=O)n3C)n2CC(C)O)cc1. The number of ether oxygens (including phenoxy) is 1. The average Bonchev–Trinajstić information content (AvgIpc) is 3.02. The van der Waals surface area contributed by atoms with Crippen molar-refractivity contribution in [3.8, 4) is 5.75 Å². The lowest BCUT2D eigenvalue weighted by Crippen LogP contribution is -2.29. The van der Waals surface area contributed by atoms with Crippen LogP contribution in [0.3, 0.4) is 0 Å². The fourth-order valence-electron chi connectivity index (χ4n) is 2.79. The highest BCUT2D eigenvalue weighted by Gasteiger charge is 2.18. The molecular formula is C18H22N6O4. The second-order valence-electron chi connectivity index (χ2n) is 6.42. The van der Waals surface area contributed by atoms with Crippen molar-refractivity contribution >= 4 is 22.8 Å². The monoisotopic (exact) mass is 386 g/mol. The number of benzene rings is 1. The minimum Gasteiger partial charge on any atom is -0.497 e. The van der Waals surface area contributed by atoms with Gasteiger partial charge < -0.3 is 14.4 Å². The highest BCUT2D eigenvalue weighted by atomic mass is 16.5. The van der Waals surface area contributed by atoms with Gasteiger partial charge in [0, 0.05) is 7.05 Å². The third-order valence-corrected chi connectivity index (χ3v) is 4.29. The van der Waals surface area contributed by atoms with Crippen molar-refractivity contribution in [1.29, 1.82) is 0 Å². The van der Waals surface area contributed by atoms with Gasteiger partial charge in [0.1, 0.15) is 5.75 Å². The number of rotatable bonds is 6. The summed E-state index contributed by atoms with van der Waals surface area (Å²) in [7, 11) is 3.11. The van der Waals surface area contributed by atoms with Crippen molar-refractivity contribution in [1.82, 2.24) is 19.1 Å². The van der Waals surface area contributed by atoms with E-state index in [-0.39, 0.29) is 23.7 Å². The molecule has 0 aliphatic rings. The lowest BCUT2D eigenvalue weighted by molar-refractivity contribution is 0.175. The zero-order valence-corrected chi connectivity index (χ0v) is 16.1. The summed E-state index contributed by atoms with van der Waals surface area (Å²) in [5, 5.41) is 14.1. The molecule has 1 unspecified atom stereocenters. The maximum absolute atomic E-state index is 12.3. The van der Waals surface area contributed by atoms with Gasteiger partial charge in [0.05, 0.1) is 25.5 Å². The van der Waals surface area contributed by atoms with Gasteiger partial charge in [-0.25, -0.2) is 10.2 Å². The van der Waals surface area contributed by atoms with Crippen LogP contribution in [0.1, 0.15) is 19.4 Å². The molecule has 3 aromatic rings. The number of hydrogen-bond donors (Lipinski definition) is 3. The third-order valence-electron chi connectivity index (χ3n) is 4.29. The summed E-state index contributed by atoms with van der Waals surface area (Å²) in [6, 6.07) is 7.39. The van der Waals surface area contributed by atoms with Crippen LogP contribution in [0.25, 0.3) is 11.2 Å². The first-order valence-corrected chi connectivity index (χ1v) is 8.64. The molecule has 0 fully saturated rings. The Labute approximate surface area is 160 Å². The summed E-state index contributed by atoms with van der Waals surface area (Å²) < 4.78 is 7.88. The first kappa shape index (κ1) is 19.4. The summed E-state index contributed by atoms with van der Waals surface area (Å²) in [4.78, 5) is 30.7. The van der Waals surface area contributed by atoms with Gasteiger partial charge in [-0.2, -0.15) is 10.1 Å². The van der Waals surface area contributed by atoms with E-state index in [0.717, 1.165) is 11.3 Å². The minimum atomic E-state index is -0.735. The Morgan fingerprint density at radius 2 is 2.04 bits per heavy atom. The summed E-state index contributed by atoms with van der Waals surface area (Å²) in [6.07, 6.45) is -0.735. The Kier molecular flexibility index (Phi) is 5.32. The van der Waals surface area contributed by atoms with Crippen LogP contribution in [0, 0.1) is 0 Å².